The zero-order chi connectivity index (χ0) is 22.0. The lowest BCUT2D eigenvalue weighted by Gasteiger charge is -2.28. The molecule has 1 atom stereocenters. The fourth-order valence-corrected chi connectivity index (χ4v) is 6.27. The lowest BCUT2D eigenvalue weighted by Crippen LogP contribution is -2.32. The second-order valence-corrected chi connectivity index (χ2v) is 11.8. The number of hydrogen-bond acceptors (Lipinski definition) is 7. The third-order valence-corrected chi connectivity index (χ3v) is 8.84. The summed E-state index contributed by atoms with van der Waals surface area (Å²) in [6, 6.07) is 2.01. The average Bonchev–Trinajstić information content (AvgIpc) is 3.02. The number of rotatable bonds is 4. The first-order chi connectivity index (χ1) is 14.6. The van der Waals surface area contributed by atoms with E-state index in [1.807, 2.05) is 17.9 Å². The first-order valence-electron chi connectivity index (χ1n) is 10.8. The molecule has 1 N–H and O–H groups in total. The maximum Gasteiger partial charge on any atom is 0.256 e. The van der Waals surface area contributed by atoms with Gasteiger partial charge in [0.2, 0.25) is 5.95 Å². The van der Waals surface area contributed by atoms with Gasteiger partial charge in [0.1, 0.15) is 15.4 Å². The molecule has 1 unspecified atom stereocenters. The normalized spacial score (nSPS) is 30.1. The molecule has 2 aliphatic carbocycles. The van der Waals surface area contributed by atoms with Gasteiger partial charge in [-0.3, -0.25) is 0 Å². The van der Waals surface area contributed by atoms with E-state index in [0.717, 1.165) is 23.9 Å². The van der Waals surface area contributed by atoms with E-state index in [1.165, 1.54) is 6.26 Å². The van der Waals surface area contributed by atoms with Crippen LogP contribution >= 0.6 is 0 Å². The minimum Gasteiger partial charge on any atom is -0.354 e. The van der Waals surface area contributed by atoms with Gasteiger partial charge in [-0.2, -0.15) is 0 Å². The van der Waals surface area contributed by atoms with Crippen LogP contribution < -0.4 is 10.2 Å². The summed E-state index contributed by atoms with van der Waals surface area (Å²) < 4.78 is 51.3. The van der Waals surface area contributed by atoms with Crippen molar-refractivity contribution in [1.29, 1.82) is 0 Å². The molecule has 1 saturated heterocycles. The summed E-state index contributed by atoms with van der Waals surface area (Å²) in [5, 5.41) is 3.89. The number of aryl methyl sites for hydroxylation is 1. The van der Waals surface area contributed by atoms with Gasteiger partial charge in [-0.25, -0.2) is 32.2 Å². The lowest BCUT2D eigenvalue weighted by molar-refractivity contribution is 0.0711. The number of hydrogen-bond donors (Lipinski definition) is 1. The van der Waals surface area contributed by atoms with Crippen LogP contribution in [0.15, 0.2) is 12.3 Å². The number of nitrogens with one attached hydrogen (secondary N) is 1. The van der Waals surface area contributed by atoms with Gasteiger partial charge in [-0.15, -0.1) is 0 Å². The maximum atomic E-state index is 13.9. The summed E-state index contributed by atoms with van der Waals surface area (Å²) in [7, 11) is -3.01. The molecule has 5 rings (SSSR count). The Morgan fingerprint density at radius 3 is 2.52 bits per heavy atom. The Kier molecular flexibility index (Phi) is 4.66. The summed E-state index contributed by atoms with van der Waals surface area (Å²) in [6.45, 7) is 2.73. The van der Waals surface area contributed by atoms with Crippen molar-refractivity contribution in [2.75, 3.05) is 29.6 Å². The van der Waals surface area contributed by atoms with Gasteiger partial charge >= 0.3 is 0 Å². The number of alkyl halides is 2. The highest BCUT2D eigenvalue weighted by atomic mass is 32.2. The molecule has 0 radical (unpaired) electrons. The molecule has 2 saturated carbocycles. The standard InChI is InChI=1S/C21H27F2N5O2S/c1-13-9-14-10-24-19(26-15-3-5-16(6-4-15)31(2,29)30)27-17(14)18(25-13)28-8-7-20(12-28)11-21(20,22)23/h9-10,15-16H,3-8,11-12H2,1-2H3,(H,24,26,27). The molecule has 7 nitrogen and oxygen atoms in total. The smallest absolute Gasteiger partial charge is 0.256 e. The highest BCUT2D eigenvalue weighted by Gasteiger charge is 2.72. The van der Waals surface area contributed by atoms with E-state index in [4.69, 9.17) is 4.98 Å². The van der Waals surface area contributed by atoms with E-state index in [2.05, 4.69) is 15.3 Å². The van der Waals surface area contributed by atoms with Crippen LogP contribution in [0.25, 0.3) is 10.9 Å². The van der Waals surface area contributed by atoms with Crippen LogP contribution in [-0.2, 0) is 9.84 Å². The van der Waals surface area contributed by atoms with Gasteiger partial charge in [0.25, 0.3) is 5.92 Å². The molecule has 0 bridgehead atoms. The number of halogens is 2. The molecule has 1 spiro atoms. The Labute approximate surface area is 180 Å². The predicted octanol–water partition coefficient (Wildman–Crippen LogP) is 3.34. The van der Waals surface area contributed by atoms with Gasteiger partial charge in [-0.05, 0) is 45.1 Å². The summed E-state index contributed by atoms with van der Waals surface area (Å²) in [4.78, 5) is 15.7. The van der Waals surface area contributed by atoms with Crippen molar-refractivity contribution >= 4 is 32.5 Å². The average molecular weight is 452 g/mol. The van der Waals surface area contributed by atoms with Gasteiger partial charge < -0.3 is 10.2 Å². The molecule has 31 heavy (non-hydrogen) atoms. The molecule has 1 aliphatic heterocycles. The molecule has 0 amide bonds. The minimum atomic E-state index is -3.01. The zero-order valence-electron chi connectivity index (χ0n) is 17.7. The molecular weight excluding hydrogens is 424 g/mol. The van der Waals surface area contributed by atoms with Crippen molar-refractivity contribution in [3.63, 3.8) is 0 Å². The zero-order valence-corrected chi connectivity index (χ0v) is 18.6. The van der Waals surface area contributed by atoms with Crippen LogP contribution in [0.2, 0.25) is 0 Å². The Hall–Kier alpha value is -2.10. The Morgan fingerprint density at radius 1 is 1.19 bits per heavy atom. The van der Waals surface area contributed by atoms with Crippen LogP contribution in [0, 0.1) is 12.3 Å². The van der Waals surface area contributed by atoms with Crippen molar-refractivity contribution in [2.24, 2.45) is 5.41 Å². The van der Waals surface area contributed by atoms with E-state index < -0.39 is 21.2 Å². The summed E-state index contributed by atoms with van der Waals surface area (Å²) >= 11 is 0. The van der Waals surface area contributed by atoms with Crippen LogP contribution in [0.5, 0.6) is 0 Å². The van der Waals surface area contributed by atoms with Gasteiger partial charge in [0.05, 0.1) is 10.7 Å². The molecule has 2 aromatic rings. The highest BCUT2D eigenvalue weighted by Crippen LogP contribution is 2.65. The van der Waals surface area contributed by atoms with E-state index in [1.54, 1.807) is 6.20 Å². The fraction of sp³-hybridized carbons (Fsp3) is 0.667. The van der Waals surface area contributed by atoms with E-state index >= 15 is 0 Å². The second-order valence-electron chi connectivity index (χ2n) is 9.50. The van der Waals surface area contributed by atoms with Crippen molar-refractivity contribution in [2.45, 2.75) is 62.7 Å². The Balaban J connectivity index is 1.37. The first-order valence-corrected chi connectivity index (χ1v) is 12.7. The van der Waals surface area contributed by atoms with Crippen molar-refractivity contribution in [3.8, 4) is 0 Å². The highest BCUT2D eigenvalue weighted by molar-refractivity contribution is 7.91. The van der Waals surface area contributed by atoms with E-state index in [0.29, 0.717) is 49.6 Å². The van der Waals surface area contributed by atoms with Crippen LogP contribution in [-0.4, -0.2) is 59.9 Å². The van der Waals surface area contributed by atoms with Gasteiger partial charge in [0, 0.05) is 49.1 Å². The number of aromatic nitrogens is 3. The first kappa shape index (κ1) is 20.8. The van der Waals surface area contributed by atoms with Crippen molar-refractivity contribution < 1.29 is 17.2 Å². The molecule has 2 aromatic heterocycles. The van der Waals surface area contributed by atoms with E-state index in [9.17, 15) is 17.2 Å². The molecule has 3 aliphatic rings. The van der Waals surface area contributed by atoms with Crippen LogP contribution in [0.4, 0.5) is 20.5 Å². The van der Waals surface area contributed by atoms with Gasteiger partial charge in [-0.1, -0.05) is 0 Å². The summed E-state index contributed by atoms with van der Waals surface area (Å²) in [5.41, 5.74) is 0.556. The Bertz CT molecular complexity index is 1130. The van der Waals surface area contributed by atoms with E-state index in [-0.39, 0.29) is 17.7 Å². The molecule has 3 heterocycles. The monoisotopic (exact) mass is 451 g/mol. The van der Waals surface area contributed by atoms with Gasteiger partial charge in [0.15, 0.2) is 5.82 Å². The molecule has 0 aromatic carbocycles. The molecule has 10 heteroatoms. The largest absolute Gasteiger partial charge is 0.354 e. The number of sulfone groups is 1. The SMILES string of the molecule is Cc1cc2cnc(NC3CCC(S(C)(=O)=O)CC3)nc2c(N2CCC3(C2)CC3(F)F)n1. The lowest BCUT2D eigenvalue weighted by atomic mass is 9.95. The third-order valence-electron chi connectivity index (χ3n) is 7.15. The van der Waals surface area contributed by atoms with Crippen molar-refractivity contribution in [1.82, 2.24) is 15.0 Å². The molecular formula is C21H27F2N5O2S. The third kappa shape index (κ3) is 3.72. The number of pyridine rings is 1. The van der Waals surface area contributed by atoms with Crippen LogP contribution in [0.1, 0.15) is 44.2 Å². The Morgan fingerprint density at radius 2 is 1.90 bits per heavy atom. The number of fused-ring (bicyclic) bond motifs is 1. The second kappa shape index (κ2) is 6.95. The molecule has 168 valence electrons. The summed E-state index contributed by atoms with van der Waals surface area (Å²) in [5.74, 6) is -1.47. The number of anilines is 2. The molecule has 3 fully saturated rings. The quantitative estimate of drug-likeness (QED) is 0.763. The minimum absolute atomic E-state index is 0.0435. The predicted molar refractivity (Wildman–Crippen MR) is 115 cm³/mol. The number of nitrogens with zero attached hydrogens (tertiary/aromatic N) is 4. The summed E-state index contributed by atoms with van der Waals surface area (Å²) in [6.07, 6.45) is 6.19. The fourth-order valence-electron chi connectivity index (χ4n) is 5.14. The topological polar surface area (TPSA) is 88.1 Å². The van der Waals surface area contributed by atoms with Crippen LogP contribution in [0.3, 0.4) is 0 Å². The van der Waals surface area contributed by atoms with Crippen molar-refractivity contribution in [3.05, 3.63) is 18.0 Å². The maximum absolute atomic E-state index is 13.9.